The summed E-state index contributed by atoms with van der Waals surface area (Å²) in [5, 5.41) is 0. The third kappa shape index (κ3) is 9.98. The lowest BCUT2D eigenvalue weighted by atomic mass is 9.93. The summed E-state index contributed by atoms with van der Waals surface area (Å²) in [4.78, 5) is 4.63. The van der Waals surface area contributed by atoms with Crippen molar-refractivity contribution in [1.82, 2.24) is 9.80 Å². The van der Waals surface area contributed by atoms with Gasteiger partial charge in [0.05, 0.1) is 27.4 Å². The van der Waals surface area contributed by atoms with E-state index in [1.54, 1.807) is 14.2 Å². The van der Waals surface area contributed by atoms with Gasteiger partial charge in [-0.2, -0.15) is 0 Å². The van der Waals surface area contributed by atoms with E-state index in [2.05, 4.69) is 107 Å². The molecule has 4 aliphatic rings. The number of benzene rings is 4. The Labute approximate surface area is 307 Å². The molecular formula is C43H53BrN2O4. The van der Waals surface area contributed by atoms with Gasteiger partial charge >= 0.3 is 0 Å². The number of likely N-dealkylation sites (N-methyl/N-ethyl adjacent to an activating group) is 2. The zero-order chi connectivity index (χ0) is 35.0. The molecule has 2 aliphatic heterocycles. The molecule has 2 saturated carbocycles. The molecule has 2 unspecified atom stereocenters. The van der Waals surface area contributed by atoms with Gasteiger partial charge in [0.2, 0.25) is 0 Å². The minimum Gasteiger partial charge on any atom is -0.497 e. The normalized spacial score (nSPS) is 20.9. The molecule has 2 atom stereocenters. The summed E-state index contributed by atoms with van der Waals surface area (Å²) >= 11 is 3.57. The fourth-order valence-corrected chi connectivity index (χ4v) is 6.91. The van der Waals surface area contributed by atoms with Crippen LogP contribution in [0.4, 0.5) is 0 Å². The van der Waals surface area contributed by atoms with E-state index in [-0.39, 0.29) is 12.2 Å². The second-order valence-corrected chi connectivity index (χ2v) is 15.2. The van der Waals surface area contributed by atoms with E-state index >= 15 is 0 Å². The first-order valence-electron chi connectivity index (χ1n) is 18.1. The monoisotopic (exact) mass is 740 g/mol. The van der Waals surface area contributed by atoms with Crippen LogP contribution in [0.5, 0.6) is 11.5 Å². The molecule has 0 aromatic heterocycles. The average Bonchev–Trinajstić information content (AvgIpc) is 4.06. The number of nitrogens with zero attached hydrogens (tertiary/aromatic N) is 2. The summed E-state index contributed by atoms with van der Waals surface area (Å²) in [6.07, 6.45) is 5.63. The Kier molecular flexibility index (Phi) is 12.7. The quantitative estimate of drug-likeness (QED) is 0.203. The van der Waals surface area contributed by atoms with E-state index in [0.717, 1.165) is 72.8 Å². The molecule has 0 spiro atoms. The molecule has 50 heavy (non-hydrogen) atoms. The zero-order valence-corrected chi connectivity index (χ0v) is 32.0. The molecule has 0 radical (unpaired) electrons. The lowest BCUT2D eigenvalue weighted by Crippen LogP contribution is -2.28. The van der Waals surface area contributed by atoms with Crippen molar-refractivity contribution in [2.75, 3.05) is 54.6 Å². The van der Waals surface area contributed by atoms with Crippen LogP contribution in [0.3, 0.4) is 0 Å². The molecule has 8 rings (SSSR count). The largest absolute Gasteiger partial charge is 0.497 e. The highest BCUT2D eigenvalue weighted by molar-refractivity contribution is 9.10. The van der Waals surface area contributed by atoms with Crippen LogP contribution >= 0.6 is 15.9 Å². The SMILES string of the molecule is CC1CC1.COc1ccc(C2OCCN(C)Cc3cc(Br)ccc32)cc1.COc1ccc(C2OCCN(C)Cc3cc(C4CC4)ccc32)cc1. The predicted octanol–water partition coefficient (Wildman–Crippen LogP) is 9.55. The molecular weight excluding hydrogens is 688 g/mol. The van der Waals surface area contributed by atoms with Gasteiger partial charge in [0.1, 0.15) is 23.7 Å². The predicted molar refractivity (Wildman–Crippen MR) is 205 cm³/mol. The third-order valence-electron chi connectivity index (χ3n) is 9.98. The van der Waals surface area contributed by atoms with Crippen LogP contribution in [0.25, 0.3) is 0 Å². The highest BCUT2D eigenvalue weighted by Crippen LogP contribution is 2.42. The van der Waals surface area contributed by atoms with Crippen molar-refractivity contribution < 1.29 is 18.9 Å². The fraction of sp³-hybridized carbons (Fsp3) is 0.442. The molecule has 266 valence electrons. The third-order valence-corrected chi connectivity index (χ3v) is 10.5. The second-order valence-electron chi connectivity index (χ2n) is 14.3. The minimum absolute atomic E-state index is 0.00728. The second kappa shape index (κ2) is 17.3. The van der Waals surface area contributed by atoms with Crippen molar-refractivity contribution in [2.24, 2.45) is 5.92 Å². The van der Waals surface area contributed by atoms with Crippen molar-refractivity contribution in [3.63, 3.8) is 0 Å². The summed E-state index contributed by atoms with van der Waals surface area (Å²) in [5.41, 5.74) is 9.10. The van der Waals surface area contributed by atoms with E-state index in [1.165, 1.54) is 59.1 Å². The highest BCUT2D eigenvalue weighted by atomic mass is 79.9. The number of methoxy groups -OCH3 is 2. The lowest BCUT2D eigenvalue weighted by molar-refractivity contribution is 0.0552. The van der Waals surface area contributed by atoms with Crippen LogP contribution < -0.4 is 9.47 Å². The van der Waals surface area contributed by atoms with Crippen molar-refractivity contribution >= 4 is 15.9 Å². The molecule has 4 aromatic carbocycles. The summed E-state index contributed by atoms with van der Waals surface area (Å²) in [5.74, 6) is 3.62. The Morgan fingerprint density at radius 2 is 1.04 bits per heavy atom. The maximum atomic E-state index is 6.27. The molecule has 0 bridgehead atoms. The van der Waals surface area contributed by atoms with Crippen LogP contribution in [0.2, 0.25) is 0 Å². The fourth-order valence-electron chi connectivity index (χ4n) is 6.50. The molecule has 2 heterocycles. The molecule has 0 saturated heterocycles. The number of fused-ring (bicyclic) bond motifs is 2. The van der Waals surface area contributed by atoms with E-state index < -0.39 is 0 Å². The Bertz CT molecular complexity index is 1670. The highest BCUT2D eigenvalue weighted by Gasteiger charge is 2.27. The van der Waals surface area contributed by atoms with E-state index in [0.29, 0.717) is 0 Å². The van der Waals surface area contributed by atoms with E-state index in [9.17, 15) is 0 Å². The first kappa shape index (κ1) is 36.6. The number of ether oxygens (including phenoxy) is 4. The van der Waals surface area contributed by atoms with Crippen LogP contribution in [0, 0.1) is 5.92 Å². The Morgan fingerprint density at radius 1 is 0.600 bits per heavy atom. The van der Waals surface area contributed by atoms with Crippen molar-refractivity contribution in [3.8, 4) is 11.5 Å². The van der Waals surface area contributed by atoms with Gasteiger partial charge in [-0.25, -0.2) is 0 Å². The molecule has 2 fully saturated rings. The zero-order valence-electron chi connectivity index (χ0n) is 30.4. The van der Waals surface area contributed by atoms with Gasteiger partial charge < -0.3 is 18.9 Å². The first-order chi connectivity index (χ1) is 24.3. The van der Waals surface area contributed by atoms with Crippen LogP contribution in [0.15, 0.2) is 89.4 Å². The minimum atomic E-state index is -0.0253. The van der Waals surface area contributed by atoms with Crippen LogP contribution in [0.1, 0.15) is 89.7 Å². The van der Waals surface area contributed by atoms with Gasteiger partial charge in [0.15, 0.2) is 0 Å². The topological polar surface area (TPSA) is 43.4 Å². The van der Waals surface area contributed by atoms with Gasteiger partial charge in [-0.1, -0.05) is 84.2 Å². The van der Waals surface area contributed by atoms with Crippen molar-refractivity contribution in [3.05, 3.63) is 128 Å². The maximum absolute atomic E-state index is 6.27. The maximum Gasteiger partial charge on any atom is 0.118 e. The molecule has 0 amide bonds. The number of halogens is 1. The standard InChI is InChI=1S/C21H25NO2.C18H20BrNO2.C4H8/c1-22-11-12-24-21(16-5-8-19(23-2)9-6-16)20-10-7-17(15-3-4-15)13-18(20)14-22;1-20-9-10-22-18(13-3-6-16(21-2)7-4-13)17-8-5-15(19)11-14(17)12-20;1-4-2-3-4/h5-10,13,15,21H,3-4,11-12,14H2,1-2H3;3-8,11,18H,9-10,12H2,1-2H3;4H,2-3H2,1H3. The summed E-state index contributed by atoms with van der Waals surface area (Å²) in [6.45, 7) is 7.56. The molecule has 6 nitrogen and oxygen atoms in total. The van der Waals surface area contributed by atoms with Gasteiger partial charge in [-0.15, -0.1) is 0 Å². The number of rotatable bonds is 5. The molecule has 0 N–H and O–H groups in total. The smallest absolute Gasteiger partial charge is 0.118 e. The molecule has 7 heteroatoms. The lowest BCUT2D eigenvalue weighted by Gasteiger charge is -2.29. The average molecular weight is 742 g/mol. The van der Waals surface area contributed by atoms with Crippen LogP contribution in [-0.4, -0.2) is 64.4 Å². The van der Waals surface area contributed by atoms with Crippen molar-refractivity contribution in [2.45, 2.75) is 63.8 Å². The van der Waals surface area contributed by atoms with E-state index in [4.69, 9.17) is 18.9 Å². The summed E-state index contributed by atoms with van der Waals surface area (Å²) in [7, 11) is 7.68. The number of hydrogen-bond donors (Lipinski definition) is 0. The van der Waals surface area contributed by atoms with E-state index in [1.807, 2.05) is 24.3 Å². The summed E-state index contributed by atoms with van der Waals surface area (Å²) in [6, 6.07) is 29.9. The van der Waals surface area contributed by atoms with Gasteiger partial charge in [-0.3, -0.25) is 9.80 Å². The van der Waals surface area contributed by atoms with Crippen molar-refractivity contribution in [1.29, 1.82) is 0 Å². The Hall–Kier alpha value is -3.20. The Balaban J connectivity index is 0.000000156. The molecule has 2 aliphatic carbocycles. The summed E-state index contributed by atoms with van der Waals surface area (Å²) < 4.78 is 24.1. The van der Waals surface area contributed by atoms with Gasteiger partial charge in [-0.05, 0) is 114 Å². The van der Waals surface area contributed by atoms with Gasteiger partial charge in [0.25, 0.3) is 0 Å². The first-order valence-corrected chi connectivity index (χ1v) is 18.9. The van der Waals surface area contributed by atoms with Crippen LogP contribution in [-0.2, 0) is 22.6 Å². The number of hydrogen-bond acceptors (Lipinski definition) is 6. The van der Waals surface area contributed by atoms with Gasteiger partial charge in [0, 0.05) is 30.7 Å². The Morgan fingerprint density at radius 3 is 1.48 bits per heavy atom. The molecule has 4 aromatic rings.